The number of rotatable bonds is 11. The number of benzene rings is 2. The Morgan fingerprint density at radius 3 is 2.06 bits per heavy atom. The molecule has 2 atom stereocenters. The van der Waals surface area contributed by atoms with Gasteiger partial charge in [0.05, 0.1) is 12.3 Å². The first-order valence-electron chi connectivity index (χ1n) is 11.1. The van der Waals surface area contributed by atoms with Crippen molar-refractivity contribution in [3.05, 3.63) is 60.2 Å². The molecule has 0 heterocycles. The molecule has 184 valence electrons. The van der Waals surface area contributed by atoms with E-state index in [1.165, 1.54) is 0 Å². The van der Waals surface area contributed by atoms with Crippen LogP contribution in [-0.2, 0) is 30.4 Å². The Bertz CT molecular complexity index is 926. The molecular weight excluding hydrogens is 456 g/mol. The van der Waals surface area contributed by atoms with Gasteiger partial charge < -0.3 is 18.9 Å². The van der Waals surface area contributed by atoms with Gasteiger partial charge in [0.15, 0.2) is 0 Å². The summed E-state index contributed by atoms with van der Waals surface area (Å²) in [7, 11) is 0. The predicted molar refractivity (Wildman–Crippen MR) is 129 cm³/mol. The fraction of sp³-hybridized carbons (Fsp3) is 0.423. The molecule has 8 heteroatoms. The minimum Gasteiger partial charge on any atom is -0.461 e. The van der Waals surface area contributed by atoms with Gasteiger partial charge in [-0.05, 0) is 42.0 Å². The highest BCUT2D eigenvalue weighted by atomic mass is 32.2. The zero-order valence-electron chi connectivity index (χ0n) is 20.2. The molecule has 2 rings (SSSR count). The molecule has 0 spiro atoms. The fourth-order valence-corrected chi connectivity index (χ4v) is 3.33. The summed E-state index contributed by atoms with van der Waals surface area (Å²) >= 11 is 1.57. The van der Waals surface area contributed by atoms with E-state index in [1.54, 1.807) is 37.7 Å². The quantitative estimate of drug-likeness (QED) is 0.168. The zero-order chi connectivity index (χ0) is 25.1. The van der Waals surface area contributed by atoms with E-state index in [2.05, 4.69) is 0 Å². The normalized spacial score (nSPS) is 12.7. The molecular formula is C26H32O7S. The van der Waals surface area contributed by atoms with Crippen molar-refractivity contribution in [2.24, 2.45) is 17.8 Å². The van der Waals surface area contributed by atoms with Crippen molar-refractivity contribution in [2.45, 2.75) is 51.9 Å². The van der Waals surface area contributed by atoms with Crippen LogP contribution in [0.5, 0.6) is 5.75 Å². The minimum absolute atomic E-state index is 0.126. The van der Waals surface area contributed by atoms with E-state index in [9.17, 15) is 14.4 Å². The van der Waals surface area contributed by atoms with Crippen molar-refractivity contribution < 1.29 is 33.3 Å². The van der Waals surface area contributed by atoms with Crippen LogP contribution in [0.15, 0.2) is 59.5 Å². The van der Waals surface area contributed by atoms with Crippen molar-refractivity contribution in [3.8, 4) is 5.75 Å². The summed E-state index contributed by atoms with van der Waals surface area (Å²) < 4.78 is 21.2. The molecule has 0 fully saturated rings. The third-order valence-electron chi connectivity index (χ3n) is 4.99. The fourth-order valence-electron chi connectivity index (χ4n) is 2.92. The van der Waals surface area contributed by atoms with Crippen LogP contribution in [0.1, 0.15) is 39.7 Å². The molecule has 0 aromatic heterocycles. The lowest BCUT2D eigenvalue weighted by molar-refractivity contribution is -0.185. The Labute approximate surface area is 205 Å². The van der Waals surface area contributed by atoms with Crippen molar-refractivity contribution in [1.82, 2.24) is 0 Å². The molecule has 0 N–H and O–H groups in total. The predicted octanol–water partition coefficient (Wildman–Crippen LogP) is 5.85. The Balaban J connectivity index is 1.93. The maximum atomic E-state index is 12.9. The molecule has 0 bridgehead atoms. The Hall–Kier alpha value is -3.00. The number of ether oxygens (including phenoxy) is 4. The first-order chi connectivity index (χ1) is 16.2. The van der Waals surface area contributed by atoms with Gasteiger partial charge in [-0.25, -0.2) is 4.79 Å². The molecule has 2 aromatic rings. The van der Waals surface area contributed by atoms with Gasteiger partial charge in [0, 0.05) is 10.8 Å². The highest BCUT2D eigenvalue weighted by molar-refractivity contribution is 7.98. The van der Waals surface area contributed by atoms with E-state index in [4.69, 9.17) is 18.9 Å². The van der Waals surface area contributed by atoms with Crippen LogP contribution in [0.2, 0.25) is 0 Å². The average molecular weight is 489 g/mol. The number of carbonyl (C=O) groups excluding carboxylic acids is 3. The van der Waals surface area contributed by atoms with E-state index in [0.29, 0.717) is 5.75 Å². The van der Waals surface area contributed by atoms with Crippen molar-refractivity contribution >= 4 is 29.9 Å². The molecule has 0 amide bonds. The first kappa shape index (κ1) is 27.2. The van der Waals surface area contributed by atoms with Crippen LogP contribution in [0.25, 0.3) is 0 Å². The summed E-state index contributed by atoms with van der Waals surface area (Å²) in [6, 6.07) is 16.2. The summed E-state index contributed by atoms with van der Waals surface area (Å²) in [6.07, 6.45) is -0.335. The SMILES string of the molecule is CSc1ccc(OC(=O)OC(OC(=O)[C@@H](CC(=O)OCc2ccccc2)C(C)C)C(C)C)cc1. The van der Waals surface area contributed by atoms with E-state index in [-0.39, 0.29) is 24.9 Å². The number of hydrogen-bond donors (Lipinski definition) is 0. The van der Waals surface area contributed by atoms with Crippen LogP contribution >= 0.6 is 11.8 Å². The molecule has 7 nitrogen and oxygen atoms in total. The molecule has 0 saturated carbocycles. The molecule has 0 saturated heterocycles. The van der Waals surface area contributed by atoms with Gasteiger partial charge in [0.1, 0.15) is 12.4 Å². The van der Waals surface area contributed by atoms with Gasteiger partial charge in [0.2, 0.25) is 0 Å². The maximum absolute atomic E-state index is 12.9. The number of thioether (sulfide) groups is 1. The Morgan fingerprint density at radius 1 is 0.853 bits per heavy atom. The topological polar surface area (TPSA) is 88.1 Å². The largest absolute Gasteiger partial charge is 0.516 e. The summed E-state index contributed by atoms with van der Waals surface area (Å²) in [5, 5.41) is 0. The van der Waals surface area contributed by atoms with E-state index >= 15 is 0 Å². The van der Waals surface area contributed by atoms with Gasteiger partial charge in [-0.15, -0.1) is 11.8 Å². The van der Waals surface area contributed by atoms with Gasteiger partial charge >= 0.3 is 18.1 Å². The monoisotopic (exact) mass is 488 g/mol. The maximum Gasteiger partial charge on any atom is 0.516 e. The lowest BCUT2D eigenvalue weighted by atomic mass is 9.92. The Kier molecular flexibility index (Phi) is 10.9. The summed E-state index contributed by atoms with van der Waals surface area (Å²) in [5.74, 6) is -2.09. The highest BCUT2D eigenvalue weighted by Gasteiger charge is 2.32. The smallest absolute Gasteiger partial charge is 0.461 e. The van der Waals surface area contributed by atoms with Crippen LogP contribution in [-0.4, -0.2) is 30.6 Å². The molecule has 2 aromatic carbocycles. The molecule has 0 aliphatic rings. The molecule has 0 aliphatic heterocycles. The molecule has 34 heavy (non-hydrogen) atoms. The van der Waals surface area contributed by atoms with Gasteiger partial charge in [0.25, 0.3) is 6.29 Å². The standard InChI is InChI=1S/C26H32O7S/c1-17(2)22(15-23(27)30-16-19-9-7-6-8-10-19)24(28)32-25(18(3)4)33-26(29)31-20-11-13-21(34-5)14-12-20/h6-14,17-18,22,25H,15-16H2,1-5H3/t22-,25?/m0/s1. The average Bonchev–Trinajstić information content (AvgIpc) is 2.81. The van der Waals surface area contributed by atoms with Crippen LogP contribution < -0.4 is 4.74 Å². The minimum atomic E-state index is -1.16. The summed E-state index contributed by atoms with van der Waals surface area (Å²) in [5.41, 5.74) is 0.856. The lowest BCUT2D eigenvalue weighted by Crippen LogP contribution is -2.35. The number of esters is 2. The van der Waals surface area contributed by atoms with Crippen molar-refractivity contribution in [2.75, 3.05) is 6.26 Å². The summed E-state index contributed by atoms with van der Waals surface area (Å²) in [6.45, 7) is 7.25. The first-order valence-corrected chi connectivity index (χ1v) is 12.3. The highest BCUT2D eigenvalue weighted by Crippen LogP contribution is 2.23. The van der Waals surface area contributed by atoms with Gasteiger partial charge in [-0.1, -0.05) is 58.0 Å². The van der Waals surface area contributed by atoms with Crippen molar-refractivity contribution in [3.63, 3.8) is 0 Å². The second-order valence-corrected chi connectivity index (χ2v) is 9.28. The van der Waals surface area contributed by atoms with E-state index < -0.39 is 30.3 Å². The summed E-state index contributed by atoms with van der Waals surface area (Å²) in [4.78, 5) is 38.5. The van der Waals surface area contributed by atoms with E-state index in [1.807, 2.05) is 62.6 Å². The second kappa shape index (κ2) is 13.6. The van der Waals surface area contributed by atoms with Crippen LogP contribution in [0.4, 0.5) is 4.79 Å². The van der Waals surface area contributed by atoms with E-state index in [0.717, 1.165) is 10.5 Å². The third kappa shape index (κ3) is 9.09. The zero-order valence-corrected chi connectivity index (χ0v) is 21.0. The molecule has 0 aliphatic carbocycles. The molecule has 0 radical (unpaired) electrons. The van der Waals surface area contributed by atoms with Crippen molar-refractivity contribution in [1.29, 1.82) is 0 Å². The third-order valence-corrected chi connectivity index (χ3v) is 5.73. The second-order valence-electron chi connectivity index (χ2n) is 8.40. The number of hydrogen-bond acceptors (Lipinski definition) is 8. The van der Waals surface area contributed by atoms with Crippen LogP contribution in [0.3, 0.4) is 0 Å². The Morgan fingerprint density at radius 2 is 1.50 bits per heavy atom. The lowest BCUT2D eigenvalue weighted by Gasteiger charge is -2.25. The van der Waals surface area contributed by atoms with Gasteiger partial charge in [-0.3, -0.25) is 9.59 Å². The number of carbonyl (C=O) groups is 3. The van der Waals surface area contributed by atoms with Gasteiger partial charge in [-0.2, -0.15) is 0 Å². The molecule has 1 unspecified atom stereocenters. The van der Waals surface area contributed by atoms with Crippen LogP contribution in [0, 0.1) is 17.8 Å².